The van der Waals surface area contributed by atoms with Gasteiger partial charge in [-0.25, -0.2) is 4.98 Å². The van der Waals surface area contributed by atoms with E-state index in [1.807, 2.05) is 45.8 Å². The fourth-order valence-corrected chi connectivity index (χ4v) is 3.77. The average Bonchev–Trinajstić information content (AvgIpc) is 3.14. The van der Waals surface area contributed by atoms with Gasteiger partial charge in [-0.1, -0.05) is 11.6 Å². The molecule has 0 saturated heterocycles. The molecule has 0 unspecified atom stereocenters. The quantitative estimate of drug-likeness (QED) is 0.707. The molecule has 0 fully saturated rings. The van der Waals surface area contributed by atoms with Crippen molar-refractivity contribution in [2.24, 2.45) is 0 Å². The van der Waals surface area contributed by atoms with Crippen LogP contribution in [0.1, 0.15) is 16.2 Å². The van der Waals surface area contributed by atoms with E-state index in [1.54, 1.807) is 18.7 Å². The number of hydrazine groups is 1. The van der Waals surface area contributed by atoms with E-state index >= 15 is 0 Å². The highest BCUT2D eigenvalue weighted by Gasteiger charge is 2.29. The lowest BCUT2D eigenvalue weighted by atomic mass is 10.2. The molecule has 126 valence electrons. The molecular formula is C17H14ClN5OS. The summed E-state index contributed by atoms with van der Waals surface area (Å²) in [5.74, 6) is -0.00192. The lowest BCUT2D eigenvalue weighted by molar-refractivity contribution is 0.0953. The molecule has 3 heterocycles. The van der Waals surface area contributed by atoms with Crippen LogP contribution in [0.3, 0.4) is 0 Å². The van der Waals surface area contributed by atoms with Crippen LogP contribution in [0.15, 0.2) is 60.0 Å². The van der Waals surface area contributed by atoms with E-state index in [9.17, 15) is 4.79 Å². The fraction of sp³-hybridized carbons (Fsp3) is 0.118. The van der Waals surface area contributed by atoms with Crippen LogP contribution < -0.4 is 5.01 Å². The second-order valence-electron chi connectivity index (χ2n) is 5.49. The van der Waals surface area contributed by atoms with Crippen molar-refractivity contribution in [1.29, 1.82) is 0 Å². The number of carbonyl (C=O) groups is 1. The Balaban J connectivity index is 1.68. The number of fused-ring (bicyclic) bond motifs is 1. The molecule has 0 saturated carbocycles. The molecule has 0 spiro atoms. The Hall–Kier alpha value is -2.35. The number of carbonyl (C=O) groups excluding carboxylic acids is 1. The van der Waals surface area contributed by atoms with Crippen LogP contribution >= 0.6 is 23.5 Å². The molecule has 25 heavy (non-hydrogen) atoms. The molecule has 0 atom stereocenters. The highest BCUT2D eigenvalue weighted by Crippen LogP contribution is 2.34. The molecular weight excluding hydrogens is 358 g/mol. The van der Waals surface area contributed by atoms with Crippen molar-refractivity contribution in [2.75, 3.05) is 11.6 Å². The molecule has 1 aromatic carbocycles. The maximum atomic E-state index is 12.5. The summed E-state index contributed by atoms with van der Waals surface area (Å²) in [5.41, 5.74) is 2.41. The first-order valence-electron chi connectivity index (χ1n) is 7.65. The van der Waals surface area contributed by atoms with Crippen molar-refractivity contribution in [1.82, 2.24) is 19.4 Å². The van der Waals surface area contributed by atoms with Gasteiger partial charge in [0.15, 0.2) is 5.78 Å². The zero-order valence-electron chi connectivity index (χ0n) is 13.1. The Morgan fingerprint density at radius 2 is 2.12 bits per heavy atom. The number of anilines is 1. The van der Waals surface area contributed by atoms with Gasteiger partial charge in [0.25, 0.3) is 0 Å². The second-order valence-corrected chi connectivity index (χ2v) is 6.97. The summed E-state index contributed by atoms with van der Waals surface area (Å²) in [6.45, 7) is 0.795. The maximum absolute atomic E-state index is 12.5. The van der Waals surface area contributed by atoms with Crippen LogP contribution in [0.4, 0.5) is 5.69 Å². The summed E-state index contributed by atoms with van der Waals surface area (Å²) >= 11 is 7.52. The summed E-state index contributed by atoms with van der Waals surface area (Å²) < 4.78 is 1.94. The summed E-state index contributed by atoms with van der Waals surface area (Å²) in [7, 11) is 0. The Morgan fingerprint density at radius 3 is 2.88 bits per heavy atom. The van der Waals surface area contributed by atoms with Gasteiger partial charge in [-0.15, -0.1) is 0 Å². The summed E-state index contributed by atoms with van der Waals surface area (Å²) in [6.07, 6.45) is 5.06. The number of imidazole rings is 1. The molecule has 1 N–H and O–H groups in total. The van der Waals surface area contributed by atoms with Crippen LogP contribution in [0.2, 0.25) is 5.02 Å². The van der Waals surface area contributed by atoms with Crippen molar-refractivity contribution in [3.8, 4) is 0 Å². The van der Waals surface area contributed by atoms with Gasteiger partial charge >= 0.3 is 0 Å². The number of aromatic amines is 1. The van der Waals surface area contributed by atoms with Crippen LogP contribution in [0.5, 0.6) is 0 Å². The number of pyridine rings is 1. The van der Waals surface area contributed by atoms with Crippen LogP contribution in [0.25, 0.3) is 0 Å². The monoisotopic (exact) mass is 371 g/mol. The third kappa shape index (κ3) is 3.39. The topological polar surface area (TPSA) is 65.1 Å². The Morgan fingerprint density at radius 1 is 1.28 bits per heavy atom. The second kappa shape index (κ2) is 6.87. The van der Waals surface area contributed by atoms with Gasteiger partial charge in [-0.2, -0.15) is 4.41 Å². The van der Waals surface area contributed by atoms with Crippen molar-refractivity contribution in [3.63, 3.8) is 0 Å². The summed E-state index contributed by atoms with van der Waals surface area (Å²) in [5, 5.41) is 2.70. The maximum Gasteiger partial charge on any atom is 0.199 e. The summed E-state index contributed by atoms with van der Waals surface area (Å²) in [6, 6.07) is 11.3. The van der Waals surface area contributed by atoms with E-state index in [0.717, 1.165) is 16.3 Å². The SMILES string of the molecule is O=C1CN(N(Cc2cnc[nH]2)c2ccc(Cl)cc2)Sc2cccnc21. The fourth-order valence-electron chi connectivity index (χ4n) is 2.60. The average molecular weight is 372 g/mol. The van der Waals surface area contributed by atoms with Gasteiger partial charge in [-0.05, 0) is 48.3 Å². The van der Waals surface area contributed by atoms with Crippen molar-refractivity contribution < 1.29 is 4.79 Å². The third-order valence-electron chi connectivity index (χ3n) is 3.79. The van der Waals surface area contributed by atoms with Crippen LogP contribution in [-0.4, -0.2) is 31.7 Å². The van der Waals surface area contributed by atoms with Crippen LogP contribution in [0, 0.1) is 0 Å². The first-order valence-corrected chi connectivity index (χ1v) is 8.80. The number of nitrogens with zero attached hydrogens (tertiary/aromatic N) is 4. The van der Waals surface area contributed by atoms with E-state index < -0.39 is 0 Å². The van der Waals surface area contributed by atoms with E-state index in [4.69, 9.17) is 11.6 Å². The minimum Gasteiger partial charge on any atom is -0.347 e. The van der Waals surface area contributed by atoms with Crippen molar-refractivity contribution in [3.05, 3.63) is 71.5 Å². The molecule has 1 aliphatic rings. The predicted octanol–water partition coefficient (Wildman–Crippen LogP) is 3.59. The van der Waals surface area contributed by atoms with E-state index in [0.29, 0.717) is 17.3 Å². The first kappa shape index (κ1) is 16.1. The van der Waals surface area contributed by atoms with Gasteiger partial charge in [-0.3, -0.25) is 14.8 Å². The van der Waals surface area contributed by atoms with Gasteiger partial charge in [0.2, 0.25) is 0 Å². The minimum atomic E-state index is -0.00192. The minimum absolute atomic E-state index is 0.00192. The van der Waals surface area contributed by atoms with Crippen molar-refractivity contribution in [2.45, 2.75) is 11.4 Å². The number of rotatable bonds is 4. The number of hydrogen-bond acceptors (Lipinski definition) is 6. The molecule has 1 aliphatic heterocycles. The third-order valence-corrected chi connectivity index (χ3v) is 5.10. The number of nitrogens with one attached hydrogen (secondary N) is 1. The Bertz CT molecular complexity index is 884. The normalized spacial score (nSPS) is 14.4. The van der Waals surface area contributed by atoms with Crippen molar-refractivity contribution >= 4 is 35.0 Å². The number of H-pyrrole nitrogens is 1. The van der Waals surface area contributed by atoms with Crippen LogP contribution in [-0.2, 0) is 6.54 Å². The molecule has 6 nitrogen and oxygen atoms in total. The molecule has 3 aromatic rings. The Labute approximate surface area is 153 Å². The molecule has 4 rings (SSSR count). The molecule has 0 bridgehead atoms. The number of Topliss-reactive ketones (excluding diaryl/α,β-unsaturated/α-hetero) is 1. The highest BCUT2D eigenvalue weighted by molar-refractivity contribution is 7.97. The van der Waals surface area contributed by atoms with E-state index in [2.05, 4.69) is 15.0 Å². The van der Waals surface area contributed by atoms with E-state index in [-0.39, 0.29) is 12.3 Å². The van der Waals surface area contributed by atoms with Gasteiger partial charge in [0.1, 0.15) is 5.69 Å². The molecule has 2 aromatic heterocycles. The largest absolute Gasteiger partial charge is 0.347 e. The molecule has 8 heteroatoms. The number of benzene rings is 1. The zero-order valence-corrected chi connectivity index (χ0v) is 14.7. The number of ketones is 1. The number of aromatic nitrogens is 3. The molecule has 0 radical (unpaired) electrons. The zero-order chi connectivity index (χ0) is 17.2. The standard InChI is InChI=1S/C17H14ClN5OS/c18-12-3-5-14(6-4-12)22(9-13-8-19-11-21-13)23-10-15(24)17-16(25-23)2-1-7-20-17/h1-8,11H,9-10H2,(H,19,21). The predicted molar refractivity (Wildman–Crippen MR) is 97.4 cm³/mol. The molecule has 0 amide bonds. The lowest BCUT2D eigenvalue weighted by Gasteiger charge is -2.37. The summed E-state index contributed by atoms with van der Waals surface area (Å²) in [4.78, 5) is 24.7. The first-order chi connectivity index (χ1) is 12.2. The van der Waals surface area contributed by atoms with Gasteiger partial charge < -0.3 is 4.98 Å². The smallest absolute Gasteiger partial charge is 0.199 e. The number of halogens is 1. The van der Waals surface area contributed by atoms with Gasteiger partial charge in [0, 0.05) is 17.4 Å². The van der Waals surface area contributed by atoms with Gasteiger partial charge in [0.05, 0.1) is 35.7 Å². The number of hydrogen-bond donors (Lipinski definition) is 1. The molecule has 0 aliphatic carbocycles. The highest BCUT2D eigenvalue weighted by atomic mass is 35.5. The Kier molecular flexibility index (Phi) is 4.44. The van der Waals surface area contributed by atoms with E-state index in [1.165, 1.54) is 11.9 Å². The lowest BCUT2D eigenvalue weighted by Crippen LogP contribution is -2.43.